The Morgan fingerprint density at radius 3 is 2.39 bits per heavy atom. The Hall–Kier alpha value is -1.55. The Labute approximate surface area is 109 Å². The van der Waals surface area contributed by atoms with E-state index in [1.807, 2.05) is 39.2 Å². The van der Waals surface area contributed by atoms with E-state index in [0.29, 0.717) is 13.0 Å². The predicted octanol–water partition coefficient (Wildman–Crippen LogP) is 1.32. The van der Waals surface area contributed by atoms with E-state index in [1.165, 1.54) is 0 Å². The standard InChI is InChI=1S/C14H23N3O/c1-12(15)11-14(18)17(3)10-9-16(2)13-7-5-4-6-8-13/h4-8,12H,9-11,15H2,1-3H3. The number of hydrogen-bond donors (Lipinski definition) is 1. The summed E-state index contributed by atoms with van der Waals surface area (Å²) in [7, 11) is 3.85. The Morgan fingerprint density at radius 2 is 1.83 bits per heavy atom. The average molecular weight is 249 g/mol. The summed E-state index contributed by atoms with van der Waals surface area (Å²) in [5.74, 6) is 0.103. The fourth-order valence-electron chi connectivity index (χ4n) is 1.67. The van der Waals surface area contributed by atoms with E-state index >= 15 is 0 Å². The lowest BCUT2D eigenvalue weighted by Gasteiger charge is -2.24. The maximum atomic E-state index is 11.7. The Morgan fingerprint density at radius 1 is 1.22 bits per heavy atom. The lowest BCUT2D eigenvalue weighted by Crippen LogP contribution is -2.37. The summed E-state index contributed by atoms with van der Waals surface area (Å²) in [4.78, 5) is 15.6. The summed E-state index contributed by atoms with van der Waals surface area (Å²) in [6.07, 6.45) is 0.408. The number of rotatable bonds is 6. The summed E-state index contributed by atoms with van der Waals surface area (Å²) < 4.78 is 0. The van der Waals surface area contributed by atoms with Gasteiger partial charge in [0.2, 0.25) is 5.91 Å². The zero-order chi connectivity index (χ0) is 13.5. The fraction of sp³-hybridized carbons (Fsp3) is 0.500. The molecular formula is C14H23N3O. The summed E-state index contributed by atoms with van der Waals surface area (Å²) in [5, 5.41) is 0. The van der Waals surface area contributed by atoms with E-state index in [0.717, 1.165) is 12.2 Å². The first-order valence-electron chi connectivity index (χ1n) is 6.26. The van der Waals surface area contributed by atoms with Gasteiger partial charge in [-0.1, -0.05) is 18.2 Å². The number of anilines is 1. The normalized spacial score (nSPS) is 12.0. The fourth-order valence-corrected chi connectivity index (χ4v) is 1.67. The third-order valence-electron chi connectivity index (χ3n) is 2.89. The third-order valence-corrected chi connectivity index (χ3v) is 2.89. The maximum absolute atomic E-state index is 11.7. The van der Waals surface area contributed by atoms with Crippen LogP contribution in [0.5, 0.6) is 0 Å². The summed E-state index contributed by atoms with van der Waals surface area (Å²) in [6.45, 7) is 3.37. The molecule has 1 amide bonds. The van der Waals surface area contributed by atoms with Crippen molar-refractivity contribution in [2.75, 3.05) is 32.1 Å². The van der Waals surface area contributed by atoms with E-state index in [9.17, 15) is 4.79 Å². The number of hydrogen-bond acceptors (Lipinski definition) is 3. The molecule has 0 saturated carbocycles. The summed E-state index contributed by atoms with van der Waals surface area (Å²) in [5.41, 5.74) is 6.78. The zero-order valence-electron chi connectivity index (χ0n) is 11.5. The monoisotopic (exact) mass is 249 g/mol. The molecule has 1 unspecified atom stereocenters. The van der Waals surface area contributed by atoms with E-state index in [1.54, 1.807) is 4.90 Å². The Balaban J connectivity index is 2.38. The molecule has 1 atom stereocenters. The highest BCUT2D eigenvalue weighted by Gasteiger charge is 2.11. The molecule has 0 heterocycles. The van der Waals surface area contributed by atoms with Crippen molar-refractivity contribution >= 4 is 11.6 Å². The molecule has 0 fully saturated rings. The van der Waals surface area contributed by atoms with Crippen molar-refractivity contribution in [3.05, 3.63) is 30.3 Å². The highest BCUT2D eigenvalue weighted by molar-refractivity contribution is 5.76. The van der Waals surface area contributed by atoms with Gasteiger partial charge in [0.25, 0.3) is 0 Å². The second kappa shape index (κ2) is 7.01. The lowest BCUT2D eigenvalue weighted by molar-refractivity contribution is -0.130. The molecule has 2 N–H and O–H groups in total. The van der Waals surface area contributed by atoms with Gasteiger partial charge in [-0.05, 0) is 19.1 Å². The number of carbonyl (C=O) groups is 1. The largest absolute Gasteiger partial charge is 0.373 e. The number of para-hydroxylation sites is 1. The van der Waals surface area contributed by atoms with Crippen molar-refractivity contribution in [3.63, 3.8) is 0 Å². The smallest absolute Gasteiger partial charge is 0.223 e. The van der Waals surface area contributed by atoms with Crippen LogP contribution >= 0.6 is 0 Å². The van der Waals surface area contributed by atoms with Gasteiger partial charge in [-0.2, -0.15) is 0 Å². The van der Waals surface area contributed by atoms with Gasteiger partial charge < -0.3 is 15.5 Å². The van der Waals surface area contributed by atoms with E-state index in [2.05, 4.69) is 17.0 Å². The van der Waals surface area contributed by atoms with Crippen molar-refractivity contribution < 1.29 is 4.79 Å². The first-order chi connectivity index (χ1) is 8.50. The lowest BCUT2D eigenvalue weighted by atomic mass is 10.2. The summed E-state index contributed by atoms with van der Waals surface area (Å²) in [6, 6.07) is 10.1. The topological polar surface area (TPSA) is 49.6 Å². The van der Waals surface area contributed by atoms with Crippen molar-refractivity contribution in [3.8, 4) is 0 Å². The van der Waals surface area contributed by atoms with Crippen molar-refractivity contribution in [2.24, 2.45) is 5.73 Å². The molecule has 0 radical (unpaired) electrons. The van der Waals surface area contributed by atoms with E-state index < -0.39 is 0 Å². The highest BCUT2D eigenvalue weighted by atomic mass is 16.2. The van der Waals surface area contributed by atoms with Gasteiger partial charge >= 0.3 is 0 Å². The van der Waals surface area contributed by atoms with E-state index in [4.69, 9.17) is 5.73 Å². The van der Waals surface area contributed by atoms with Gasteiger partial charge in [-0.25, -0.2) is 0 Å². The zero-order valence-corrected chi connectivity index (χ0v) is 11.5. The van der Waals surface area contributed by atoms with Gasteiger partial charge in [0, 0.05) is 45.3 Å². The van der Waals surface area contributed by atoms with Crippen molar-refractivity contribution in [1.29, 1.82) is 0 Å². The van der Waals surface area contributed by atoms with Crippen LogP contribution in [0.2, 0.25) is 0 Å². The van der Waals surface area contributed by atoms with Crippen LogP contribution < -0.4 is 10.6 Å². The van der Waals surface area contributed by atoms with Crippen LogP contribution in [0.4, 0.5) is 5.69 Å². The van der Waals surface area contributed by atoms with Crippen LogP contribution in [0.15, 0.2) is 30.3 Å². The Bertz CT molecular complexity index is 365. The molecule has 100 valence electrons. The Kier molecular flexibility index (Phi) is 5.65. The van der Waals surface area contributed by atoms with Gasteiger partial charge in [0.15, 0.2) is 0 Å². The maximum Gasteiger partial charge on any atom is 0.223 e. The number of nitrogens with zero attached hydrogens (tertiary/aromatic N) is 2. The third kappa shape index (κ3) is 4.75. The molecular weight excluding hydrogens is 226 g/mol. The molecule has 4 heteroatoms. The second-order valence-corrected chi connectivity index (χ2v) is 4.75. The molecule has 1 rings (SSSR count). The van der Waals surface area contributed by atoms with Crippen LogP contribution in [0.1, 0.15) is 13.3 Å². The first-order valence-corrected chi connectivity index (χ1v) is 6.26. The molecule has 0 aliphatic carbocycles. The number of benzene rings is 1. The molecule has 0 saturated heterocycles. The summed E-state index contributed by atoms with van der Waals surface area (Å²) >= 11 is 0. The molecule has 4 nitrogen and oxygen atoms in total. The van der Waals surface area contributed by atoms with Crippen LogP contribution in [0.3, 0.4) is 0 Å². The van der Waals surface area contributed by atoms with Crippen LogP contribution in [-0.4, -0.2) is 44.0 Å². The SMILES string of the molecule is CC(N)CC(=O)N(C)CCN(C)c1ccccc1. The van der Waals surface area contributed by atoms with Gasteiger partial charge in [0.05, 0.1) is 0 Å². The quantitative estimate of drug-likeness (QED) is 0.827. The van der Waals surface area contributed by atoms with Crippen LogP contribution in [0.25, 0.3) is 0 Å². The van der Waals surface area contributed by atoms with Gasteiger partial charge in [-0.3, -0.25) is 4.79 Å². The average Bonchev–Trinajstić information content (AvgIpc) is 2.35. The van der Waals surface area contributed by atoms with Crippen LogP contribution in [0, 0.1) is 0 Å². The molecule has 1 aromatic carbocycles. The minimum Gasteiger partial charge on any atom is -0.373 e. The molecule has 0 aromatic heterocycles. The minimum atomic E-state index is -0.0770. The number of likely N-dealkylation sites (N-methyl/N-ethyl adjacent to an activating group) is 2. The van der Waals surface area contributed by atoms with Gasteiger partial charge in [0.1, 0.15) is 0 Å². The van der Waals surface area contributed by atoms with Crippen LogP contribution in [-0.2, 0) is 4.79 Å². The number of carbonyl (C=O) groups excluding carboxylic acids is 1. The van der Waals surface area contributed by atoms with Crippen molar-refractivity contribution in [1.82, 2.24) is 4.90 Å². The molecule has 18 heavy (non-hydrogen) atoms. The molecule has 1 aromatic rings. The van der Waals surface area contributed by atoms with Gasteiger partial charge in [-0.15, -0.1) is 0 Å². The first kappa shape index (κ1) is 14.5. The van der Waals surface area contributed by atoms with Crippen molar-refractivity contribution in [2.45, 2.75) is 19.4 Å². The molecule has 0 aliphatic rings. The second-order valence-electron chi connectivity index (χ2n) is 4.75. The van der Waals surface area contributed by atoms with E-state index in [-0.39, 0.29) is 11.9 Å². The molecule has 0 spiro atoms. The molecule has 0 bridgehead atoms. The molecule has 0 aliphatic heterocycles. The number of nitrogens with two attached hydrogens (primary N) is 1. The highest BCUT2D eigenvalue weighted by Crippen LogP contribution is 2.10. The minimum absolute atomic E-state index is 0.0770. The number of amides is 1. The predicted molar refractivity (Wildman–Crippen MR) is 75.6 cm³/mol.